The summed E-state index contributed by atoms with van der Waals surface area (Å²) in [5.74, 6) is -0.0705. The number of nitrogen functional groups attached to an aromatic ring is 1. The molecule has 2 rings (SSSR count). The third kappa shape index (κ3) is 1.64. The average molecular weight is 203 g/mol. The van der Waals surface area contributed by atoms with Gasteiger partial charge in [-0.25, -0.2) is 9.67 Å². The zero-order chi connectivity index (χ0) is 10.8. The Morgan fingerprint density at radius 3 is 2.73 bits per heavy atom. The zero-order valence-electron chi connectivity index (χ0n) is 7.79. The van der Waals surface area contributed by atoms with Gasteiger partial charge in [-0.15, -0.1) is 0 Å². The molecule has 2 aromatic heterocycles. The number of amides is 1. The Balaban J connectivity index is 2.48. The fraction of sp³-hybridized carbons (Fsp3) is 0. The topological polar surface area (TPSA) is 99.8 Å². The molecule has 0 bridgehead atoms. The van der Waals surface area contributed by atoms with Gasteiger partial charge in [-0.05, 0) is 12.1 Å². The van der Waals surface area contributed by atoms with Gasteiger partial charge in [-0.1, -0.05) is 6.07 Å². The van der Waals surface area contributed by atoms with Gasteiger partial charge in [0.2, 0.25) is 0 Å². The summed E-state index contributed by atoms with van der Waals surface area (Å²) >= 11 is 0. The molecule has 2 aromatic rings. The van der Waals surface area contributed by atoms with Crippen LogP contribution in [0, 0.1) is 0 Å². The van der Waals surface area contributed by atoms with Crippen LogP contribution < -0.4 is 11.5 Å². The Kier molecular flexibility index (Phi) is 2.09. The van der Waals surface area contributed by atoms with E-state index in [1.807, 2.05) is 6.07 Å². The van der Waals surface area contributed by atoms with Crippen LogP contribution in [-0.2, 0) is 0 Å². The molecule has 6 heteroatoms. The Hall–Kier alpha value is -2.37. The first kappa shape index (κ1) is 9.20. The normalized spacial score (nSPS) is 10.1. The van der Waals surface area contributed by atoms with Gasteiger partial charge in [0.15, 0.2) is 11.5 Å². The molecular weight excluding hydrogens is 194 g/mol. The van der Waals surface area contributed by atoms with Gasteiger partial charge in [0.1, 0.15) is 0 Å². The number of hydrogen-bond donors (Lipinski definition) is 2. The summed E-state index contributed by atoms with van der Waals surface area (Å²) in [6, 6.07) is 5.34. The molecule has 0 aliphatic heterocycles. The van der Waals surface area contributed by atoms with E-state index in [4.69, 9.17) is 11.5 Å². The Morgan fingerprint density at radius 1 is 1.40 bits per heavy atom. The monoisotopic (exact) mass is 203 g/mol. The fourth-order valence-corrected chi connectivity index (χ4v) is 1.19. The molecule has 0 unspecified atom stereocenters. The van der Waals surface area contributed by atoms with Crippen molar-refractivity contribution in [2.45, 2.75) is 0 Å². The van der Waals surface area contributed by atoms with Crippen LogP contribution in [0.2, 0.25) is 0 Å². The molecule has 15 heavy (non-hydrogen) atoms. The number of carbonyl (C=O) groups is 1. The highest BCUT2D eigenvalue weighted by Crippen LogP contribution is 2.11. The van der Waals surface area contributed by atoms with Crippen molar-refractivity contribution in [3.05, 3.63) is 36.3 Å². The Labute approximate surface area is 85.5 Å². The van der Waals surface area contributed by atoms with E-state index in [9.17, 15) is 4.79 Å². The predicted octanol–water partition coefficient (Wildman–Crippen LogP) is -0.0516. The molecule has 6 nitrogen and oxygen atoms in total. The zero-order valence-corrected chi connectivity index (χ0v) is 7.79. The lowest BCUT2D eigenvalue weighted by molar-refractivity contribution is 0.0996. The summed E-state index contributed by atoms with van der Waals surface area (Å²) in [5, 5.41) is 3.93. The van der Waals surface area contributed by atoms with E-state index in [2.05, 4.69) is 10.1 Å². The number of pyridine rings is 1. The molecular formula is C9H9N5O. The van der Waals surface area contributed by atoms with Crippen LogP contribution in [0.5, 0.6) is 0 Å². The van der Waals surface area contributed by atoms with Gasteiger partial charge in [-0.3, -0.25) is 4.79 Å². The van der Waals surface area contributed by atoms with Crippen molar-refractivity contribution < 1.29 is 4.79 Å². The van der Waals surface area contributed by atoms with Gasteiger partial charge in [0.05, 0.1) is 11.9 Å². The lowest BCUT2D eigenvalue weighted by Gasteiger charge is -1.97. The maximum absolute atomic E-state index is 10.9. The van der Waals surface area contributed by atoms with Crippen molar-refractivity contribution >= 4 is 11.6 Å². The van der Waals surface area contributed by atoms with Gasteiger partial charge < -0.3 is 11.5 Å². The summed E-state index contributed by atoms with van der Waals surface area (Å²) in [6.07, 6.45) is 3.12. The number of nitrogens with zero attached hydrogens (tertiary/aromatic N) is 3. The smallest absolute Gasteiger partial charge is 0.271 e. The van der Waals surface area contributed by atoms with E-state index < -0.39 is 5.91 Å². The van der Waals surface area contributed by atoms with Crippen molar-refractivity contribution in [2.75, 3.05) is 5.73 Å². The minimum Gasteiger partial charge on any atom is -0.396 e. The molecule has 1 amide bonds. The largest absolute Gasteiger partial charge is 0.396 e. The molecule has 76 valence electrons. The number of hydrogen-bond acceptors (Lipinski definition) is 4. The average Bonchev–Trinajstić information content (AvgIpc) is 2.62. The Bertz CT molecular complexity index is 490. The summed E-state index contributed by atoms with van der Waals surface area (Å²) < 4.78 is 1.41. The van der Waals surface area contributed by atoms with Crippen molar-refractivity contribution in [1.29, 1.82) is 0 Å². The number of nitrogens with two attached hydrogens (primary N) is 2. The lowest BCUT2D eigenvalue weighted by Crippen LogP contribution is -2.14. The molecule has 4 N–H and O–H groups in total. The number of carbonyl (C=O) groups excluding carboxylic acids is 1. The van der Waals surface area contributed by atoms with Crippen molar-refractivity contribution in [1.82, 2.24) is 14.8 Å². The third-order valence-electron chi connectivity index (χ3n) is 1.86. The molecule has 0 spiro atoms. The van der Waals surface area contributed by atoms with E-state index in [1.54, 1.807) is 18.3 Å². The first-order valence-corrected chi connectivity index (χ1v) is 4.25. The van der Waals surface area contributed by atoms with E-state index in [-0.39, 0.29) is 11.4 Å². The number of aromatic nitrogens is 3. The molecule has 0 radical (unpaired) electrons. The molecule has 2 heterocycles. The molecule has 0 aliphatic carbocycles. The van der Waals surface area contributed by atoms with Gasteiger partial charge >= 0.3 is 0 Å². The molecule has 0 fully saturated rings. The Morgan fingerprint density at radius 2 is 2.20 bits per heavy atom. The van der Waals surface area contributed by atoms with Crippen LogP contribution in [0.25, 0.3) is 5.82 Å². The highest BCUT2D eigenvalue weighted by atomic mass is 16.1. The SMILES string of the molecule is NC(=O)c1nn(-c2ccccn2)cc1N. The van der Waals surface area contributed by atoms with E-state index in [0.29, 0.717) is 5.82 Å². The second-order valence-electron chi connectivity index (χ2n) is 2.93. The third-order valence-corrected chi connectivity index (χ3v) is 1.86. The summed E-state index contributed by atoms with van der Waals surface area (Å²) in [7, 11) is 0. The quantitative estimate of drug-likeness (QED) is 0.714. The van der Waals surface area contributed by atoms with Crippen LogP contribution in [0.3, 0.4) is 0 Å². The van der Waals surface area contributed by atoms with Crippen molar-refractivity contribution in [3.63, 3.8) is 0 Å². The summed E-state index contributed by atoms with van der Waals surface area (Å²) in [6.45, 7) is 0. The minimum absolute atomic E-state index is 0.0562. The second kappa shape index (κ2) is 3.41. The van der Waals surface area contributed by atoms with Crippen molar-refractivity contribution in [3.8, 4) is 5.82 Å². The predicted molar refractivity (Wildman–Crippen MR) is 54.3 cm³/mol. The fourth-order valence-electron chi connectivity index (χ4n) is 1.19. The lowest BCUT2D eigenvalue weighted by atomic mass is 10.4. The standard InChI is InChI=1S/C9H9N5O/c10-6-5-14(13-8(6)9(11)15)7-3-1-2-4-12-7/h1-5H,10H2,(H2,11,15). The molecule has 0 atom stereocenters. The number of rotatable bonds is 2. The van der Waals surface area contributed by atoms with Crippen LogP contribution in [-0.4, -0.2) is 20.7 Å². The van der Waals surface area contributed by atoms with Crippen LogP contribution in [0.15, 0.2) is 30.6 Å². The molecule has 0 aliphatic rings. The first-order chi connectivity index (χ1) is 7.18. The molecule has 0 saturated carbocycles. The van der Waals surface area contributed by atoms with Gasteiger partial charge in [0, 0.05) is 6.20 Å². The summed E-state index contributed by atoms with van der Waals surface area (Å²) in [4.78, 5) is 15.0. The maximum atomic E-state index is 10.9. The number of anilines is 1. The molecule has 0 aromatic carbocycles. The number of primary amides is 1. The first-order valence-electron chi connectivity index (χ1n) is 4.25. The van der Waals surface area contributed by atoms with Crippen LogP contribution in [0.1, 0.15) is 10.5 Å². The molecule has 0 saturated heterocycles. The summed E-state index contributed by atoms with van der Waals surface area (Å²) in [5.41, 5.74) is 11.0. The van der Waals surface area contributed by atoms with E-state index >= 15 is 0 Å². The maximum Gasteiger partial charge on any atom is 0.271 e. The highest BCUT2D eigenvalue weighted by Gasteiger charge is 2.12. The van der Waals surface area contributed by atoms with Gasteiger partial charge in [-0.2, -0.15) is 5.10 Å². The second-order valence-corrected chi connectivity index (χ2v) is 2.93. The van der Waals surface area contributed by atoms with Gasteiger partial charge in [0.25, 0.3) is 5.91 Å². The van der Waals surface area contributed by atoms with Crippen molar-refractivity contribution in [2.24, 2.45) is 5.73 Å². The van der Waals surface area contributed by atoms with Crippen LogP contribution in [0.4, 0.5) is 5.69 Å². The highest BCUT2D eigenvalue weighted by molar-refractivity contribution is 5.95. The van der Waals surface area contributed by atoms with E-state index in [1.165, 1.54) is 10.9 Å². The van der Waals surface area contributed by atoms with Crippen LogP contribution >= 0.6 is 0 Å². The van der Waals surface area contributed by atoms with E-state index in [0.717, 1.165) is 0 Å². The minimum atomic E-state index is -0.651.